The molecule has 43 heavy (non-hydrogen) atoms. The largest absolute Gasteiger partial charge is 0.434 e. The van der Waals surface area contributed by atoms with Crippen LogP contribution >= 0.6 is 11.8 Å². The molecule has 5 aromatic rings. The summed E-state index contributed by atoms with van der Waals surface area (Å²) in [6, 6.07) is 6.58. The van der Waals surface area contributed by atoms with Gasteiger partial charge in [0.2, 0.25) is 0 Å². The van der Waals surface area contributed by atoms with E-state index in [4.69, 9.17) is 4.74 Å². The molecule has 0 bridgehead atoms. The van der Waals surface area contributed by atoms with Crippen molar-refractivity contribution in [3.8, 4) is 17.0 Å². The van der Waals surface area contributed by atoms with Crippen LogP contribution in [0.15, 0.2) is 66.3 Å². The second-order valence-electron chi connectivity index (χ2n) is 10.2. The van der Waals surface area contributed by atoms with Crippen molar-refractivity contribution >= 4 is 29.0 Å². The summed E-state index contributed by atoms with van der Waals surface area (Å²) in [5.74, 6) is 0.238. The fourth-order valence-electron chi connectivity index (χ4n) is 4.95. The van der Waals surface area contributed by atoms with Gasteiger partial charge in [0.15, 0.2) is 5.65 Å². The van der Waals surface area contributed by atoms with Gasteiger partial charge in [0.05, 0.1) is 25.0 Å². The Morgan fingerprint density at radius 1 is 1.19 bits per heavy atom. The number of carbonyl (C=O) groups excluding carboxylic acids is 1. The molecule has 1 unspecified atom stereocenters. The van der Waals surface area contributed by atoms with E-state index in [1.165, 1.54) is 21.5 Å². The van der Waals surface area contributed by atoms with Crippen LogP contribution in [0.4, 0.5) is 14.5 Å². The number of ether oxygens (including phenoxy) is 1. The van der Waals surface area contributed by atoms with E-state index in [0.29, 0.717) is 25.3 Å². The lowest BCUT2D eigenvalue weighted by atomic mass is 10.1. The van der Waals surface area contributed by atoms with Gasteiger partial charge in [0.1, 0.15) is 29.1 Å². The number of anilines is 1. The van der Waals surface area contributed by atoms with Gasteiger partial charge < -0.3 is 19.7 Å². The monoisotopic (exact) mass is 609 g/mol. The molecule has 0 spiro atoms. The first-order valence-corrected chi connectivity index (χ1v) is 14.5. The van der Waals surface area contributed by atoms with Gasteiger partial charge >= 0.3 is 6.61 Å². The Hall–Kier alpha value is -4.34. The number of carbonyl (C=O) groups is 1. The Kier molecular flexibility index (Phi) is 8.10. The van der Waals surface area contributed by atoms with Gasteiger partial charge in [-0.15, -0.1) is 11.8 Å². The third-order valence-electron chi connectivity index (χ3n) is 6.87. The van der Waals surface area contributed by atoms with E-state index in [1.54, 1.807) is 54.7 Å². The number of hydrogen-bond donors (Lipinski definition) is 2. The van der Waals surface area contributed by atoms with E-state index in [2.05, 4.69) is 25.5 Å². The molecule has 0 saturated heterocycles. The molecular formula is C28H29F2N9O3S. The number of nitrogens with zero attached hydrogens (tertiary/aromatic N) is 8. The van der Waals surface area contributed by atoms with Crippen LogP contribution in [0.3, 0.4) is 0 Å². The topological polar surface area (TPSA) is 128 Å². The quantitative estimate of drug-likeness (QED) is 0.226. The summed E-state index contributed by atoms with van der Waals surface area (Å²) in [6.45, 7) is 2.76. The Morgan fingerprint density at radius 3 is 2.86 bits per heavy atom. The normalized spacial score (nSPS) is 14.4. The predicted octanol–water partition coefficient (Wildman–Crippen LogP) is 3.98. The molecule has 1 aliphatic rings. The lowest BCUT2D eigenvalue weighted by Crippen LogP contribution is -2.43. The molecule has 1 aromatic carbocycles. The van der Waals surface area contributed by atoms with Gasteiger partial charge in [0.25, 0.3) is 5.91 Å². The van der Waals surface area contributed by atoms with E-state index in [0.717, 1.165) is 10.7 Å². The smallest absolute Gasteiger partial charge is 0.387 e. The molecule has 4 aromatic heterocycles. The van der Waals surface area contributed by atoms with Gasteiger partial charge in [0, 0.05) is 59.8 Å². The Bertz CT molecular complexity index is 1750. The first-order chi connectivity index (χ1) is 20.7. The molecule has 1 amide bonds. The number of nitrogens with one attached hydrogen (secondary N) is 1. The van der Waals surface area contributed by atoms with E-state index >= 15 is 0 Å². The minimum Gasteiger partial charge on any atom is -0.434 e. The van der Waals surface area contributed by atoms with Gasteiger partial charge in [-0.3, -0.25) is 14.4 Å². The highest BCUT2D eigenvalue weighted by Gasteiger charge is 2.26. The highest BCUT2D eigenvalue weighted by atomic mass is 32.2. The van der Waals surface area contributed by atoms with Crippen molar-refractivity contribution in [3.05, 3.63) is 72.8 Å². The molecule has 0 fully saturated rings. The summed E-state index contributed by atoms with van der Waals surface area (Å²) < 4.78 is 36.8. The van der Waals surface area contributed by atoms with Crippen LogP contribution in [0.25, 0.3) is 16.9 Å². The second kappa shape index (κ2) is 12.1. The maximum atomic E-state index is 13.5. The Morgan fingerprint density at radius 2 is 2.05 bits per heavy atom. The number of aromatic nitrogens is 7. The average molecular weight is 610 g/mol. The molecule has 2 N–H and O–H groups in total. The summed E-state index contributed by atoms with van der Waals surface area (Å²) in [5, 5.41) is 23.0. The standard InChI is InChI=1S/C28H29F2N9O3S/c1-17(2)43-18-4-5-22(42-28(29)30)19(12-18)25-21(34-27(41)20-13-33-39-8-3-6-32-26(20)39)14-38(35-25)16-24(40)37-11-10-36-9-7-31-23(36)15-37/h3-9,12-14,17,24,28,40H,10-11,15-16H2,1-2H3,(H,34,41). The van der Waals surface area contributed by atoms with Crippen LogP contribution in [0, 0.1) is 0 Å². The third kappa shape index (κ3) is 6.23. The zero-order valence-electron chi connectivity index (χ0n) is 23.3. The fourth-order valence-corrected chi connectivity index (χ4v) is 5.83. The molecule has 1 atom stereocenters. The number of fused-ring (bicyclic) bond motifs is 2. The number of benzene rings is 1. The van der Waals surface area contributed by atoms with Crippen molar-refractivity contribution in [1.29, 1.82) is 0 Å². The number of aliphatic hydroxyl groups excluding tert-OH is 1. The molecule has 0 saturated carbocycles. The Labute approximate surface area is 249 Å². The highest BCUT2D eigenvalue weighted by molar-refractivity contribution is 7.99. The van der Waals surface area contributed by atoms with Gasteiger partial charge in [-0.1, -0.05) is 13.8 Å². The molecule has 12 nitrogen and oxygen atoms in total. The van der Waals surface area contributed by atoms with E-state index in [9.17, 15) is 18.7 Å². The highest BCUT2D eigenvalue weighted by Crippen LogP contribution is 2.39. The first kappa shape index (κ1) is 28.8. The molecule has 5 heterocycles. The van der Waals surface area contributed by atoms with Gasteiger partial charge in [-0.05, 0) is 24.3 Å². The lowest BCUT2D eigenvalue weighted by molar-refractivity contribution is -0.0494. The van der Waals surface area contributed by atoms with E-state index in [1.807, 2.05) is 29.5 Å². The first-order valence-electron chi connectivity index (χ1n) is 13.6. The van der Waals surface area contributed by atoms with Crippen molar-refractivity contribution in [2.75, 3.05) is 11.9 Å². The summed E-state index contributed by atoms with van der Waals surface area (Å²) >= 11 is 1.55. The number of amides is 1. The van der Waals surface area contributed by atoms with E-state index in [-0.39, 0.29) is 40.1 Å². The van der Waals surface area contributed by atoms with Crippen LogP contribution in [0.2, 0.25) is 0 Å². The van der Waals surface area contributed by atoms with Gasteiger partial charge in [-0.25, -0.2) is 14.5 Å². The minimum absolute atomic E-state index is 0.0489. The lowest BCUT2D eigenvalue weighted by Gasteiger charge is -2.31. The number of alkyl halides is 2. The maximum absolute atomic E-state index is 13.5. The molecule has 1 aliphatic heterocycles. The van der Waals surface area contributed by atoms with Crippen LogP contribution in [-0.4, -0.2) is 74.5 Å². The molecule has 0 aliphatic carbocycles. The second-order valence-corrected chi connectivity index (χ2v) is 11.9. The van der Waals surface area contributed by atoms with Crippen LogP contribution in [0.1, 0.15) is 30.0 Å². The molecule has 15 heteroatoms. The third-order valence-corrected chi connectivity index (χ3v) is 7.87. The van der Waals surface area contributed by atoms with Crippen molar-refractivity contribution in [1.82, 2.24) is 38.8 Å². The molecular weight excluding hydrogens is 580 g/mol. The number of thioether (sulfide) groups is 1. The van der Waals surface area contributed by atoms with E-state index < -0.39 is 18.7 Å². The molecule has 6 rings (SSSR count). The minimum atomic E-state index is -3.07. The number of hydrogen-bond acceptors (Lipinski definition) is 9. The van der Waals surface area contributed by atoms with Crippen molar-refractivity contribution in [3.63, 3.8) is 0 Å². The Balaban J connectivity index is 1.36. The van der Waals surface area contributed by atoms with Crippen molar-refractivity contribution in [2.45, 2.75) is 56.5 Å². The summed E-state index contributed by atoms with van der Waals surface area (Å²) in [6.07, 6.45) is 8.89. The predicted molar refractivity (Wildman–Crippen MR) is 155 cm³/mol. The van der Waals surface area contributed by atoms with Crippen molar-refractivity contribution in [2.24, 2.45) is 0 Å². The van der Waals surface area contributed by atoms with Crippen LogP contribution in [0.5, 0.6) is 5.75 Å². The summed E-state index contributed by atoms with van der Waals surface area (Å²) in [4.78, 5) is 24.7. The summed E-state index contributed by atoms with van der Waals surface area (Å²) in [5.41, 5.74) is 1.29. The fraction of sp³-hybridized carbons (Fsp3) is 0.321. The number of imidazole rings is 1. The van der Waals surface area contributed by atoms with Crippen molar-refractivity contribution < 1.29 is 23.4 Å². The zero-order valence-corrected chi connectivity index (χ0v) is 24.2. The molecule has 224 valence electrons. The van der Waals surface area contributed by atoms with Gasteiger partial charge in [-0.2, -0.15) is 19.0 Å². The average Bonchev–Trinajstić information content (AvgIpc) is 3.71. The van der Waals surface area contributed by atoms with Crippen LogP contribution in [-0.2, 0) is 19.6 Å². The summed E-state index contributed by atoms with van der Waals surface area (Å²) in [7, 11) is 0. The SMILES string of the molecule is CC(C)Sc1ccc(OC(F)F)c(-c2nn(CC(O)N3CCn4ccnc4C3)cc2NC(=O)c2cnn3cccnc23)c1. The number of halogens is 2. The number of aliphatic hydroxyl groups is 1. The van der Waals surface area contributed by atoms with Crippen LogP contribution < -0.4 is 10.1 Å². The number of rotatable bonds is 10. The zero-order chi connectivity index (χ0) is 30.1. The maximum Gasteiger partial charge on any atom is 0.387 e. The molecule has 0 radical (unpaired) electrons.